The topological polar surface area (TPSA) is 92.3 Å². The van der Waals surface area contributed by atoms with Crippen LogP contribution in [0.2, 0.25) is 0 Å². The molecule has 8 nitrogen and oxygen atoms in total. The van der Waals surface area contributed by atoms with Crippen LogP contribution in [0.3, 0.4) is 0 Å². The molecule has 1 amide bonds. The number of halogens is 2. The number of nitrogens with one attached hydrogen (secondary N) is 2. The average Bonchev–Trinajstić information content (AvgIpc) is 3.27. The summed E-state index contributed by atoms with van der Waals surface area (Å²) >= 11 is 0. The first-order valence-corrected chi connectivity index (χ1v) is 14.1. The molecule has 208 valence electrons. The number of fused-ring (bicyclic) bond motifs is 5. The van der Waals surface area contributed by atoms with Crippen LogP contribution in [0.1, 0.15) is 42.7 Å². The Labute approximate surface area is 231 Å². The Kier molecular flexibility index (Phi) is 6.18. The predicted molar refractivity (Wildman–Crippen MR) is 148 cm³/mol. The van der Waals surface area contributed by atoms with Gasteiger partial charge < -0.3 is 15.4 Å². The molecular weight excluding hydrogens is 514 g/mol. The van der Waals surface area contributed by atoms with Gasteiger partial charge in [-0.3, -0.25) is 9.69 Å². The number of carbonyl (C=O) groups excluding carboxylic acids is 1. The molecule has 0 bridgehead atoms. The highest BCUT2D eigenvalue weighted by atomic mass is 19.1. The molecule has 4 atom stereocenters. The van der Waals surface area contributed by atoms with Gasteiger partial charge in [0.15, 0.2) is 5.65 Å². The van der Waals surface area contributed by atoms with E-state index >= 15 is 4.39 Å². The number of carbonyl (C=O) groups is 1. The molecule has 1 aromatic carbocycles. The lowest BCUT2D eigenvalue weighted by Gasteiger charge is -2.30. The second kappa shape index (κ2) is 9.76. The number of ether oxygens (including phenoxy) is 1. The van der Waals surface area contributed by atoms with Crippen molar-refractivity contribution in [3.63, 3.8) is 0 Å². The van der Waals surface area contributed by atoms with Crippen molar-refractivity contribution in [1.29, 1.82) is 0 Å². The van der Waals surface area contributed by atoms with Gasteiger partial charge in [-0.1, -0.05) is 24.8 Å². The molecule has 10 heteroatoms. The Bertz CT molecular complexity index is 1520. The van der Waals surface area contributed by atoms with Gasteiger partial charge in [-0.15, -0.1) is 0 Å². The lowest BCUT2D eigenvalue weighted by molar-refractivity contribution is -0.116. The molecule has 40 heavy (non-hydrogen) atoms. The molecule has 4 aliphatic rings. The van der Waals surface area contributed by atoms with Gasteiger partial charge in [-0.2, -0.15) is 9.97 Å². The minimum absolute atomic E-state index is 0.110. The van der Waals surface area contributed by atoms with Crippen molar-refractivity contribution >= 4 is 22.8 Å². The zero-order chi connectivity index (χ0) is 27.4. The SMILES string of the molecule is C=CC(=O)NCCNc1nc(OCC23CCCN2C[C@H](F)C3)nc2nc(-c3cccc4c3C3CC3C4)c(F)cc12. The van der Waals surface area contributed by atoms with E-state index in [1.54, 1.807) is 0 Å². The second-order valence-electron chi connectivity index (χ2n) is 11.5. The third-order valence-electron chi connectivity index (χ3n) is 8.98. The standard InChI is InChI=1S/C30H32F2N6O2/c1-2-24(39)33-8-9-34-27-22-13-23(32)26(20-6-3-5-17-11-18-12-21(18)25(17)20)35-28(22)37-29(36-27)40-16-30-7-4-10-38(30)15-19(31)14-30/h2-3,5-6,13,18-19,21H,1,4,7-12,14-16H2,(H,33,39)(H,34,35,36,37)/t18?,19-,21?,30?/m1/s1. The van der Waals surface area contributed by atoms with E-state index in [4.69, 9.17) is 9.72 Å². The second-order valence-corrected chi connectivity index (χ2v) is 11.5. The van der Waals surface area contributed by atoms with Gasteiger partial charge in [-0.25, -0.2) is 13.8 Å². The van der Waals surface area contributed by atoms with Gasteiger partial charge >= 0.3 is 6.01 Å². The van der Waals surface area contributed by atoms with Crippen molar-refractivity contribution in [2.24, 2.45) is 5.92 Å². The summed E-state index contributed by atoms with van der Waals surface area (Å²) in [6, 6.07) is 7.57. The molecule has 2 aliphatic heterocycles. The molecule has 3 aromatic rings. The molecule has 2 aromatic heterocycles. The van der Waals surface area contributed by atoms with Gasteiger partial charge in [0, 0.05) is 31.6 Å². The Morgan fingerprint density at radius 2 is 2.17 bits per heavy atom. The zero-order valence-electron chi connectivity index (χ0n) is 22.3. The normalized spacial score (nSPS) is 26.3. The van der Waals surface area contributed by atoms with Gasteiger partial charge in [0.05, 0.1) is 10.9 Å². The van der Waals surface area contributed by atoms with Crippen LogP contribution in [-0.2, 0) is 11.2 Å². The Morgan fingerprint density at radius 3 is 3.05 bits per heavy atom. The summed E-state index contributed by atoms with van der Waals surface area (Å²) in [6.07, 6.45) is 4.83. The fourth-order valence-corrected chi connectivity index (χ4v) is 7.03. The lowest BCUT2D eigenvalue weighted by atomic mass is 9.95. The van der Waals surface area contributed by atoms with Gasteiger partial charge in [0.1, 0.15) is 30.1 Å². The van der Waals surface area contributed by atoms with Gasteiger partial charge in [0.25, 0.3) is 0 Å². The summed E-state index contributed by atoms with van der Waals surface area (Å²) in [5.74, 6) is 0.780. The van der Waals surface area contributed by atoms with E-state index in [1.165, 1.54) is 23.3 Å². The van der Waals surface area contributed by atoms with E-state index in [0.29, 0.717) is 54.7 Å². The van der Waals surface area contributed by atoms with Crippen LogP contribution in [0, 0.1) is 11.7 Å². The van der Waals surface area contributed by atoms with E-state index in [1.807, 2.05) is 12.1 Å². The van der Waals surface area contributed by atoms with Crippen LogP contribution in [0.5, 0.6) is 6.01 Å². The number of anilines is 1. The number of rotatable bonds is 9. The van der Waals surface area contributed by atoms with Crippen LogP contribution >= 0.6 is 0 Å². The molecule has 3 unspecified atom stereocenters. The molecule has 7 rings (SSSR count). The van der Waals surface area contributed by atoms with E-state index < -0.39 is 12.0 Å². The fourth-order valence-electron chi connectivity index (χ4n) is 7.03. The molecular formula is C30H32F2N6O2. The molecule has 0 spiro atoms. The van der Waals surface area contributed by atoms with Crippen molar-refractivity contribution < 1.29 is 18.3 Å². The highest BCUT2D eigenvalue weighted by Gasteiger charge is 2.49. The Morgan fingerprint density at radius 1 is 1.27 bits per heavy atom. The number of alkyl halides is 1. The van der Waals surface area contributed by atoms with Crippen molar-refractivity contribution in [3.8, 4) is 17.3 Å². The molecule has 2 saturated heterocycles. The number of hydrogen-bond donors (Lipinski definition) is 2. The number of pyridine rings is 1. The number of hydrogen-bond acceptors (Lipinski definition) is 7. The average molecular weight is 547 g/mol. The number of nitrogens with zero attached hydrogens (tertiary/aromatic N) is 4. The minimum Gasteiger partial charge on any atom is -0.461 e. The van der Waals surface area contributed by atoms with Gasteiger partial charge in [-0.05, 0) is 67.3 Å². The molecule has 4 heterocycles. The highest BCUT2D eigenvalue weighted by Crippen LogP contribution is 2.58. The monoisotopic (exact) mass is 546 g/mol. The van der Waals surface area contributed by atoms with Crippen molar-refractivity contribution in [1.82, 2.24) is 25.2 Å². The number of aromatic nitrogens is 3. The first kappa shape index (κ1) is 25.3. The van der Waals surface area contributed by atoms with Crippen molar-refractivity contribution in [3.05, 3.63) is 53.9 Å². The van der Waals surface area contributed by atoms with E-state index in [2.05, 4.69) is 38.1 Å². The van der Waals surface area contributed by atoms with Gasteiger partial charge in [0.2, 0.25) is 5.91 Å². The summed E-state index contributed by atoms with van der Waals surface area (Å²) in [5.41, 5.74) is 3.55. The largest absolute Gasteiger partial charge is 0.461 e. The smallest absolute Gasteiger partial charge is 0.320 e. The summed E-state index contributed by atoms with van der Waals surface area (Å²) in [4.78, 5) is 27.6. The third-order valence-corrected chi connectivity index (χ3v) is 8.98. The zero-order valence-corrected chi connectivity index (χ0v) is 22.3. The molecule has 2 N–H and O–H groups in total. The molecule has 0 radical (unpaired) electrons. The summed E-state index contributed by atoms with van der Waals surface area (Å²) in [7, 11) is 0. The summed E-state index contributed by atoms with van der Waals surface area (Å²) in [6.45, 7) is 5.67. The molecule has 2 aliphatic carbocycles. The predicted octanol–water partition coefficient (Wildman–Crippen LogP) is 4.16. The number of amides is 1. The van der Waals surface area contributed by atoms with Crippen LogP contribution < -0.4 is 15.4 Å². The van der Waals surface area contributed by atoms with Crippen molar-refractivity contribution in [2.45, 2.75) is 49.7 Å². The Hall–Kier alpha value is -3.66. The first-order chi connectivity index (χ1) is 19.4. The van der Waals surface area contributed by atoms with Crippen LogP contribution in [-0.4, -0.2) is 70.3 Å². The van der Waals surface area contributed by atoms with E-state index in [0.717, 1.165) is 37.8 Å². The number of benzene rings is 1. The summed E-state index contributed by atoms with van der Waals surface area (Å²) in [5, 5.41) is 6.30. The fraction of sp³-hybridized carbons (Fsp3) is 0.467. The van der Waals surface area contributed by atoms with Crippen molar-refractivity contribution in [2.75, 3.05) is 38.1 Å². The summed E-state index contributed by atoms with van der Waals surface area (Å²) < 4.78 is 36.1. The first-order valence-electron chi connectivity index (χ1n) is 14.1. The Balaban J connectivity index is 1.23. The van der Waals surface area contributed by atoms with Crippen LogP contribution in [0.25, 0.3) is 22.3 Å². The maximum absolute atomic E-state index is 15.7. The van der Waals surface area contributed by atoms with Crippen LogP contribution in [0.4, 0.5) is 14.6 Å². The quantitative estimate of drug-likeness (QED) is 0.308. The minimum atomic E-state index is -0.865. The van der Waals surface area contributed by atoms with Crippen LogP contribution in [0.15, 0.2) is 36.9 Å². The maximum atomic E-state index is 15.7. The third kappa shape index (κ3) is 4.38. The van der Waals surface area contributed by atoms with E-state index in [9.17, 15) is 9.18 Å². The highest BCUT2D eigenvalue weighted by molar-refractivity contribution is 5.89. The molecule has 1 saturated carbocycles. The molecule has 3 fully saturated rings. The van der Waals surface area contributed by atoms with E-state index in [-0.39, 0.29) is 29.8 Å². The maximum Gasteiger partial charge on any atom is 0.320 e. The lowest BCUT2D eigenvalue weighted by Crippen LogP contribution is -2.43.